The van der Waals surface area contributed by atoms with Gasteiger partial charge in [-0.15, -0.1) is 0 Å². The van der Waals surface area contributed by atoms with Crippen LogP contribution < -0.4 is 0 Å². The fourth-order valence-electron chi connectivity index (χ4n) is 1.10. The lowest BCUT2D eigenvalue weighted by Crippen LogP contribution is -2.52. The number of carbonyl (C=O) groups is 1. The minimum absolute atomic E-state index is 0.0608. The molecule has 1 rings (SSSR count). The molecule has 0 amide bonds. The third-order valence-corrected chi connectivity index (χ3v) is 1.95. The Labute approximate surface area is 55.2 Å². The Morgan fingerprint density at radius 2 is 2.22 bits per heavy atom. The van der Waals surface area contributed by atoms with Crippen LogP contribution in [0, 0.1) is 5.41 Å². The van der Waals surface area contributed by atoms with Gasteiger partial charge in [0.05, 0.1) is 5.41 Å². The minimum atomic E-state index is -0.214. The number of esters is 1. The van der Waals surface area contributed by atoms with Gasteiger partial charge in [-0.1, -0.05) is 6.92 Å². The van der Waals surface area contributed by atoms with Gasteiger partial charge in [-0.3, -0.25) is 4.79 Å². The van der Waals surface area contributed by atoms with Gasteiger partial charge in [-0.2, -0.15) is 0 Å². The van der Waals surface area contributed by atoms with E-state index < -0.39 is 0 Å². The molecule has 0 saturated carbocycles. The van der Waals surface area contributed by atoms with Gasteiger partial charge in [-0.25, -0.2) is 0 Å². The molecule has 1 unspecified atom stereocenters. The summed E-state index contributed by atoms with van der Waals surface area (Å²) < 4.78 is 4.86. The molecule has 0 bridgehead atoms. The summed E-state index contributed by atoms with van der Waals surface area (Å²) in [6, 6.07) is 0. The molecule has 0 aromatic heterocycles. The molecule has 9 heavy (non-hydrogen) atoms. The summed E-state index contributed by atoms with van der Waals surface area (Å²) in [5.74, 6) is -0.0608. The van der Waals surface area contributed by atoms with E-state index in [1.165, 1.54) is 0 Å². The molecule has 2 nitrogen and oxygen atoms in total. The molecule has 1 fully saturated rings. The zero-order valence-corrected chi connectivity index (χ0v) is 6.10. The fraction of sp³-hybridized carbons (Fsp3) is 0.857. The third kappa shape index (κ3) is 0.732. The maximum atomic E-state index is 10.7. The Morgan fingerprint density at radius 3 is 2.33 bits per heavy atom. The lowest BCUT2D eigenvalue weighted by molar-refractivity contribution is -0.201. The van der Waals surface area contributed by atoms with Crippen LogP contribution in [0.4, 0.5) is 0 Å². The number of ether oxygens (including phenoxy) is 1. The minimum Gasteiger partial charge on any atom is -0.461 e. The Balaban J connectivity index is 2.58. The van der Waals surface area contributed by atoms with Crippen LogP contribution in [0.5, 0.6) is 0 Å². The average Bonchev–Trinajstić information content (AvgIpc) is 1.82. The first kappa shape index (κ1) is 6.59. The number of hydrogen-bond acceptors (Lipinski definition) is 2. The van der Waals surface area contributed by atoms with Crippen molar-refractivity contribution in [1.82, 2.24) is 0 Å². The number of cyclic esters (lactones) is 1. The van der Waals surface area contributed by atoms with Crippen molar-refractivity contribution in [2.45, 2.75) is 33.3 Å². The highest BCUT2D eigenvalue weighted by Crippen LogP contribution is 2.36. The van der Waals surface area contributed by atoms with Crippen molar-refractivity contribution >= 4 is 5.97 Å². The first-order valence-electron chi connectivity index (χ1n) is 3.30. The Kier molecular flexibility index (Phi) is 1.26. The average molecular weight is 128 g/mol. The smallest absolute Gasteiger partial charge is 0.315 e. The zero-order chi connectivity index (χ0) is 7.07. The molecule has 1 atom stereocenters. The largest absolute Gasteiger partial charge is 0.461 e. The fourth-order valence-corrected chi connectivity index (χ4v) is 1.10. The lowest BCUT2D eigenvalue weighted by atomic mass is 9.80. The van der Waals surface area contributed by atoms with Crippen molar-refractivity contribution in [3.8, 4) is 0 Å². The number of hydrogen-bond donors (Lipinski definition) is 0. The quantitative estimate of drug-likeness (QED) is 0.498. The molecule has 1 aliphatic rings. The van der Waals surface area contributed by atoms with Crippen molar-refractivity contribution in [3.05, 3.63) is 0 Å². The summed E-state index contributed by atoms with van der Waals surface area (Å²) >= 11 is 0. The molecule has 0 aromatic rings. The summed E-state index contributed by atoms with van der Waals surface area (Å²) in [7, 11) is 0. The van der Waals surface area contributed by atoms with Crippen molar-refractivity contribution in [2.75, 3.05) is 0 Å². The predicted molar refractivity (Wildman–Crippen MR) is 34.0 cm³/mol. The molecule has 2 heteroatoms. The molecular weight excluding hydrogens is 116 g/mol. The van der Waals surface area contributed by atoms with E-state index in [0.29, 0.717) is 0 Å². The van der Waals surface area contributed by atoms with Crippen LogP contribution >= 0.6 is 0 Å². The molecule has 0 spiro atoms. The first-order valence-corrected chi connectivity index (χ1v) is 3.30. The van der Waals surface area contributed by atoms with E-state index in [9.17, 15) is 4.79 Å². The van der Waals surface area contributed by atoms with Gasteiger partial charge in [0.15, 0.2) is 0 Å². The monoisotopic (exact) mass is 128 g/mol. The van der Waals surface area contributed by atoms with Crippen molar-refractivity contribution in [2.24, 2.45) is 5.41 Å². The molecule has 0 radical (unpaired) electrons. The third-order valence-electron chi connectivity index (χ3n) is 1.95. The summed E-state index contributed by atoms with van der Waals surface area (Å²) in [5, 5.41) is 0. The lowest BCUT2D eigenvalue weighted by Gasteiger charge is -2.41. The van der Waals surface area contributed by atoms with Gasteiger partial charge < -0.3 is 4.74 Å². The van der Waals surface area contributed by atoms with Gasteiger partial charge in [0.1, 0.15) is 6.10 Å². The standard InChI is InChI=1S/C7H12O2/c1-4-5-7(2,3)6(8)9-5/h5H,4H2,1-3H3. The predicted octanol–water partition coefficient (Wildman–Crippen LogP) is 1.35. The van der Waals surface area contributed by atoms with Crippen LogP contribution in [0.25, 0.3) is 0 Å². The molecule has 0 N–H and O–H groups in total. The second-order valence-corrected chi connectivity index (χ2v) is 3.02. The maximum absolute atomic E-state index is 10.7. The van der Waals surface area contributed by atoms with E-state index in [-0.39, 0.29) is 17.5 Å². The van der Waals surface area contributed by atoms with Gasteiger partial charge in [0.25, 0.3) is 0 Å². The Morgan fingerprint density at radius 1 is 1.67 bits per heavy atom. The molecule has 52 valence electrons. The van der Waals surface area contributed by atoms with E-state index in [0.717, 1.165) is 6.42 Å². The van der Waals surface area contributed by atoms with Gasteiger partial charge in [-0.05, 0) is 20.3 Å². The van der Waals surface area contributed by atoms with E-state index in [1.807, 2.05) is 20.8 Å². The summed E-state index contributed by atoms with van der Waals surface area (Å²) in [4.78, 5) is 10.7. The normalized spacial score (nSPS) is 31.0. The second kappa shape index (κ2) is 1.72. The van der Waals surface area contributed by atoms with Crippen LogP contribution in [0.1, 0.15) is 27.2 Å². The van der Waals surface area contributed by atoms with Crippen molar-refractivity contribution in [3.63, 3.8) is 0 Å². The van der Waals surface area contributed by atoms with E-state index in [1.54, 1.807) is 0 Å². The van der Waals surface area contributed by atoms with Crippen LogP contribution in [0.2, 0.25) is 0 Å². The SMILES string of the molecule is CCC1OC(=O)C1(C)C. The Hall–Kier alpha value is -0.530. The van der Waals surface area contributed by atoms with Crippen LogP contribution in [0.3, 0.4) is 0 Å². The number of carbonyl (C=O) groups excluding carboxylic acids is 1. The molecule has 1 aliphatic heterocycles. The van der Waals surface area contributed by atoms with Gasteiger partial charge in [0.2, 0.25) is 0 Å². The van der Waals surface area contributed by atoms with E-state index >= 15 is 0 Å². The van der Waals surface area contributed by atoms with Crippen molar-refractivity contribution < 1.29 is 9.53 Å². The van der Waals surface area contributed by atoms with Crippen molar-refractivity contribution in [1.29, 1.82) is 0 Å². The molecular formula is C7H12O2. The summed E-state index contributed by atoms with van der Waals surface area (Å²) in [6.45, 7) is 5.87. The number of rotatable bonds is 1. The highest BCUT2D eigenvalue weighted by Gasteiger charge is 2.49. The van der Waals surface area contributed by atoms with E-state index in [2.05, 4.69) is 0 Å². The van der Waals surface area contributed by atoms with Crippen LogP contribution in [-0.4, -0.2) is 12.1 Å². The maximum Gasteiger partial charge on any atom is 0.315 e. The molecule has 1 saturated heterocycles. The molecule has 1 heterocycles. The first-order chi connectivity index (χ1) is 4.09. The highest BCUT2D eigenvalue weighted by atomic mass is 16.6. The van der Waals surface area contributed by atoms with Crippen LogP contribution in [-0.2, 0) is 9.53 Å². The Bertz CT molecular complexity index is 138. The topological polar surface area (TPSA) is 26.3 Å². The van der Waals surface area contributed by atoms with Gasteiger partial charge in [0, 0.05) is 0 Å². The van der Waals surface area contributed by atoms with E-state index in [4.69, 9.17) is 4.74 Å². The van der Waals surface area contributed by atoms with Gasteiger partial charge >= 0.3 is 5.97 Å². The summed E-state index contributed by atoms with van der Waals surface area (Å²) in [6.07, 6.45) is 1.09. The molecule has 0 aliphatic carbocycles. The summed E-state index contributed by atoms with van der Waals surface area (Å²) in [5.41, 5.74) is -0.214. The second-order valence-electron chi connectivity index (χ2n) is 3.02. The zero-order valence-electron chi connectivity index (χ0n) is 6.10. The highest BCUT2D eigenvalue weighted by molar-refractivity contribution is 5.82. The van der Waals surface area contributed by atoms with Crippen LogP contribution in [0.15, 0.2) is 0 Å². The molecule has 0 aromatic carbocycles.